The molecule has 10 heteroatoms. The van der Waals surface area contributed by atoms with Crippen LogP contribution in [0.5, 0.6) is 5.75 Å². The van der Waals surface area contributed by atoms with Crippen LogP contribution in [-0.4, -0.2) is 35.2 Å². The van der Waals surface area contributed by atoms with Crippen molar-refractivity contribution in [3.63, 3.8) is 0 Å². The van der Waals surface area contributed by atoms with Gasteiger partial charge in [-0.1, -0.05) is 30.1 Å². The third kappa shape index (κ3) is 5.50. The summed E-state index contributed by atoms with van der Waals surface area (Å²) in [6, 6.07) is 5.57. The topological polar surface area (TPSA) is 79.0 Å². The maximum atomic E-state index is 13.5. The molecule has 3 N–H and O–H groups in total. The number of carbonyl (C=O) groups is 1. The van der Waals surface area contributed by atoms with Crippen LogP contribution in [0.15, 0.2) is 24.3 Å². The Bertz CT molecular complexity index is 1140. The zero-order valence-electron chi connectivity index (χ0n) is 18.0. The Morgan fingerprint density at radius 2 is 1.88 bits per heavy atom. The van der Waals surface area contributed by atoms with E-state index in [1.807, 2.05) is 0 Å². The number of amides is 1. The molecule has 6 nitrogen and oxygen atoms in total. The van der Waals surface area contributed by atoms with Crippen LogP contribution in [0, 0.1) is 11.7 Å². The third-order valence-electron chi connectivity index (χ3n) is 5.76. The van der Waals surface area contributed by atoms with Crippen LogP contribution in [0.3, 0.4) is 0 Å². The molecule has 0 radical (unpaired) electrons. The van der Waals surface area contributed by atoms with E-state index in [0.717, 1.165) is 37.8 Å². The molecule has 33 heavy (non-hydrogen) atoms. The first-order valence-corrected chi connectivity index (χ1v) is 11.5. The molecule has 1 amide bonds. The number of alkyl halides is 1. The second kappa shape index (κ2) is 10.1. The van der Waals surface area contributed by atoms with Crippen molar-refractivity contribution in [2.45, 2.75) is 38.6 Å². The van der Waals surface area contributed by atoms with Crippen LogP contribution in [-0.2, 0) is 0 Å². The van der Waals surface area contributed by atoms with Crippen molar-refractivity contribution in [3.05, 3.63) is 45.7 Å². The first-order chi connectivity index (χ1) is 15.8. The number of aromatic amines is 1. The van der Waals surface area contributed by atoms with Crippen LogP contribution < -0.4 is 15.4 Å². The molecule has 0 saturated heterocycles. The summed E-state index contributed by atoms with van der Waals surface area (Å²) in [6.07, 6.45) is 3.98. The van der Waals surface area contributed by atoms with Gasteiger partial charge < -0.3 is 20.4 Å². The average Bonchev–Trinajstić information content (AvgIpc) is 3.17. The van der Waals surface area contributed by atoms with E-state index in [2.05, 4.69) is 27.5 Å². The normalized spacial score (nSPS) is 18.3. The van der Waals surface area contributed by atoms with E-state index in [-0.39, 0.29) is 51.5 Å². The van der Waals surface area contributed by atoms with E-state index in [0.29, 0.717) is 17.0 Å². The van der Waals surface area contributed by atoms with E-state index >= 15 is 0 Å². The Hall–Kier alpha value is -2.58. The third-order valence-corrected chi connectivity index (χ3v) is 6.36. The Balaban J connectivity index is 1.62. The lowest BCUT2D eigenvalue weighted by atomic mass is 9.87. The summed E-state index contributed by atoms with van der Waals surface area (Å²) >= 11 is 12.2. The van der Waals surface area contributed by atoms with Crippen LogP contribution in [0.2, 0.25) is 10.0 Å². The molecule has 1 aliphatic carbocycles. The smallest absolute Gasteiger partial charge is 0.255 e. The quantitative estimate of drug-likeness (QED) is 0.353. The van der Waals surface area contributed by atoms with Gasteiger partial charge in [0.25, 0.3) is 5.91 Å². The van der Waals surface area contributed by atoms with Crippen LogP contribution in [0.1, 0.15) is 43.0 Å². The molecule has 0 unspecified atom stereocenters. The van der Waals surface area contributed by atoms with Crippen molar-refractivity contribution in [2.24, 2.45) is 5.92 Å². The van der Waals surface area contributed by atoms with Crippen LogP contribution >= 0.6 is 23.2 Å². The molecule has 3 aromatic rings. The number of aromatic nitrogens is 2. The Morgan fingerprint density at radius 1 is 1.18 bits per heavy atom. The number of anilines is 2. The number of hydrogen-bond acceptors (Lipinski definition) is 4. The molecule has 0 spiro atoms. The lowest BCUT2D eigenvalue weighted by Crippen LogP contribution is -2.37. The number of carbonyl (C=O) groups excluding carboxylic acids is 1. The Labute approximate surface area is 200 Å². The molecule has 2 aromatic carbocycles. The van der Waals surface area contributed by atoms with Gasteiger partial charge in [-0.05, 0) is 49.8 Å². The second-order valence-electron chi connectivity index (χ2n) is 8.29. The number of imidazole rings is 1. The monoisotopic (exact) mass is 496 g/mol. The summed E-state index contributed by atoms with van der Waals surface area (Å²) in [6.45, 7) is 1.36. The average molecular weight is 497 g/mol. The van der Waals surface area contributed by atoms with Crippen molar-refractivity contribution in [2.75, 3.05) is 18.6 Å². The fraction of sp³-hybridized carbons (Fsp3) is 0.391. The summed E-state index contributed by atoms with van der Waals surface area (Å²) in [4.78, 5) is 20.5. The highest BCUT2D eigenvalue weighted by molar-refractivity contribution is 6.39. The predicted octanol–water partition coefficient (Wildman–Crippen LogP) is 6.41. The molecule has 1 heterocycles. The number of nitrogens with one attached hydrogen (secondary N) is 3. The highest BCUT2D eigenvalue weighted by Crippen LogP contribution is 2.34. The van der Waals surface area contributed by atoms with Gasteiger partial charge in [0.1, 0.15) is 24.8 Å². The minimum Gasteiger partial charge on any atom is -0.490 e. The van der Waals surface area contributed by atoms with E-state index in [9.17, 15) is 13.6 Å². The lowest BCUT2D eigenvalue weighted by molar-refractivity contribution is 0.0918. The molecule has 1 fully saturated rings. The lowest BCUT2D eigenvalue weighted by Gasteiger charge is -2.27. The van der Waals surface area contributed by atoms with Crippen LogP contribution in [0.25, 0.3) is 11.0 Å². The summed E-state index contributed by atoms with van der Waals surface area (Å²) in [5.41, 5.74) is 1.62. The minimum atomic E-state index is -0.684. The van der Waals surface area contributed by atoms with Crippen molar-refractivity contribution in [1.82, 2.24) is 15.3 Å². The number of rotatable bonds is 7. The maximum Gasteiger partial charge on any atom is 0.255 e. The second-order valence-corrected chi connectivity index (χ2v) is 9.10. The van der Waals surface area contributed by atoms with Crippen molar-refractivity contribution >= 4 is 51.8 Å². The van der Waals surface area contributed by atoms with Gasteiger partial charge in [0.2, 0.25) is 5.95 Å². The standard InChI is InChI=1S/C23H24Cl2F2N4O2/c1-12-2-4-14(5-3-12)28-22(32)15-10-18-19(11-20(15)33-7-6-26)30-23(29-18)31-21-16(24)8-13(27)9-17(21)25/h8-12,14H,2-7H2,1H3,(H,28,32)(H2,29,30,31)/t12-,14-. The van der Waals surface area contributed by atoms with Gasteiger partial charge in [-0.25, -0.2) is 13.8 Å². The summed E-state index contributed by atoms with van der Waals surface area (Å²) in [5, 5.41) is 6.19. The molecule has 4 rings (SSSR count). The molecular formula is C23H24Cl2F2N4O2. The Morgan fingerprint density at radius 3 is 2.55 bits per heavy atom. The fourth-order valence-corrected chi connectivity index (χ4v) is 4.54. The van der Waals surface area contributed by atoms with E-state index in [1.165, 1.54) is 0 Å². The molecular weight excluding hydrogens is 473 g/mol. The van der Waals surface area contributed by atoms with Gasteiger partial charge in [-0.2, -0.15) is 0 Å². The summed E-state index contributed by atoms with van der Waals surface area (Å²) < 4.78 is 31.8. The SMILES string of the molecule is C[C@H]1CC[C@H](NC(=O)c2cc3nc(Nc4c(Cl)cc(F)cc4Cl)[nH]c3cc2OCCF)CC1. The van der Waals surface area contributed by atoms with Crippen LogP contribution in [0.4, 0.5) is 20.4 Å². The number of fused-ring (bicyclic) bond motifs is 1. The molecule has 0 bridgehead atoms. The van der Waals surface area contributed by atoms with Gasteiger partial charge in [0.15, 0.2) is 0 Å². The van der Waals surface area contributed by atoms with E-state index in [1.54, 1.807) is 12.1 Å². The van der Waals surface area contributed by atoms with Crippen molar-refractivity contribution < 1.29 is 18.3 Å². The van der Waals surface area contributed by atoms with Gasteiger partial charge in [0.05, 0.1) is 32.3 Å². The minimum absolute atomic E-state index is 0.0919. The van der Waals surface area contributed by atoms with Gasteiger partial charge in [0, 0.05) is 12.1 Å². The fourth-order valence-electron chi connectivity index (χ4n) is 3.99. The number of ether oxygens (including phenoxy) is 1. The first kappa shape index (κ1) is 23.6. The molecule has 0 aliphatic heterocycles. The van der Waals surface area contributed by atoms with Crippen molar-refractivity contribution in [3.8, 4) is 5.75 Å². The molecule has 176 valence electrons. The van der Waals surface area contributed by atoms with Gasteiger partial charge >= 0.3 is 0 Å². The maximum absolute atomic E-state index is 13.5. The summed E-state index contributed by atoms with van der Waals surface area (Å²) in [7, 11) is 0. The largest absolute Gasteiger partial charge is 0.490 e. The zero-order valence-corrected chi connectivity index (χ0v) is 19.5. The molecule has 1 aromatic heterocycles. The highest BCUT2D eigenvalue weighted by atomic mass is 35.5. The number of H-pyrrole nitrogens is 1. The predicted molar refractivity (Wildman–Crippen MR) is 126 cm³/mol. The van der Waals surface area contributed by atoms with E-state index < -0.39 is 12.5 Å². The number of halogens is 4. The number of benzene rings is 2. The molecule has 1 saturated carbocycles. The first-order valence-electron chi connectivity index (χ1n) is 10.8. The molecule has 0 atom stereocenters. The summed E-state index contributed by atoms with van der Waals surface area (Å²) in [5.74, 6) is 0.368. The highest BCUT2D eigenvalue weighted by Gasteiger charge is 2.23. The zero-order chi connectivity index (χ0) is 23.5. The van der Waals surface area contributed by atoms with E-state index in [4.69, 9.17) is 27.9 Å². The van der Waals surface area contributed by atoms with Crippen molar-refractivity contribution in [1.29, 1.82) is 0 Å². The Kier molecular flexibility index (Phi) is 7.24. The van der Waals surface area contributed by atoms with Gasteiger partial charge in [-0.15, -0.1) is 0 Å². The number of hydrogen-bond donors (Lipinski definition) is 3. The van der Waals surface area contributed by atoms with Gasteiger partial charge in [-0.3, -0.25) is 4.79 Å². The molecule has 1 aliphatic rings. The number of nitrogens with zero attached hydrogens (tertiary/aromatic N) is 1.